The van der Waals surface area contributed by atoms with Crippen molar-refractivity contribution in [2.75, 3.05) is 18.2 Å². The first kappa shape index (κ1) is 13.7. The highest BCUT2D eigenvalue weighted by molar-refractivity contribution is 7.99. The van der Waals surface area contributed by atoms with E-state index < -0.39 is 0 Å². The molecule has 0 saturated heterocycles. The fourth-order valence-corrected chi connectivity index (χ4v) is 2.53. The zero-order valence-electron chi connectivity index (χ0n) is 11.2. The van der Waals surface area contributed by atoms with E-state index in [1.807, 2.05) is 36.0 Å². The number of rotatable bonds is 6. The van der Waals surface area contributed by atoms with E-state index in [4.69, 9.17) is 4.74 Å². The van der Waals surface area contributed by atoms with Crippen molar-refractivity contribution in [3.8, 4) is 5.88 Å². The van der Waals surface area contributed by atoms with Crippen LogP contribution in [0.3, 0.4) is 0 Å². The van der Waals surface area contributed by atoms with Gasteiger partial charge < -0.3 is 10.1 Å². The highest BCUT2D eigenvalue weighted by atomic mass is 32.2. The molecule has 0 atom stereocenters. The Hall–Kier alpha value is -1.68. The van der Waals surface area contributed by atoms with E-state index in [0.717, 1.165) is 17.1 Å². The number of nitrogens with zero attached hydrogens (tertiary/aromatic N) is 1. The lowest BCUT2D eigenvalue weighted by atomic mass is 10.3. The van der Waals surface area contributed by atoms with Crippen LogP contribution in [0.4, 0.5) is 5.69 Å². The fraction of sp³-hybridized carbons (Fsp3) is 0.267. The molecule has 19 heavy (non-hydrogen) atoms. The normalized spacial score (nSPS) is 10.2. The van der Waals surface area contributed by atoms with Crippen molar-refractivity contribution in [1.29, 1.82) is 0 Å². The van der Waals surface area contributed by atoms with E-state index in [1.54, 1.807) is 7.11 Å². The van der Waals surface area contributed by atoms with Crippen molar-refractivity contribution in [3.05, 3.63) is 48.2 Å². The quantitative estimate of drug-likeness (QED) is 0.812. The van der Waals surface area contributed by atoms with Crippen LogP contribution in [0.25, 0.3) is 0 Å². The van der Waals surface area contributed by atoms with E-state index >= 15 is 0 Å². The maximum absolute atomic E-state index is 5.13. The van der Waals surface area contributed by atoms with Gasteiger partial charge in [-0.1, -0.05) is 25.1 Å². The Morgan fingerprint density at radius 3 is 2.79 bits per heavy atom. The Labute approximate surface area is 118 Å². The average Bonchev–Trinajstić information content (AvgIpc) is 2.47. The average molecular weight is 274 g/mol. The summed E-state index contributed by atoms with van der Waals surface area (Å²) >= 11 is 1.84. The molecular formula is C15H18N2OS. The van der Waals surface area contributed by atoms with Crippen molar-refractivity contribution in [2.45, 2.75) is 18.4 Å². The predicted octanol–water partition coefficient (Wildman–Crippen LogP) is 3.81. The second-order valence-electron chi connectivity index (χ2n) is 3.95. The largest absolute Gasteiger partial charge is 0.481 e. The van der Waals surface area contributed by atoms with E-state index in [2.05, 4.69) is 35.4 Å². The molecule has 1 aromatic heterocycles. The van der Waals surface area contributed by atoms with Gasteiger partial charge in [-0.3, -0.25) is 0 Å². The van der Waals surface area contributed by atoms with Gasteiger partial charge in [0.2, 0.25) is 5.88 Å². The summed E-state index contributed by atoms with van der Waals surface area (Å²) in [4.78, 5) is 5.66. The Morgan fingerprint density at radius 2 is 2.00 bits per heavy atom. The molecule has 100 valence electrons. The number of aromatic nitrogens is 1. The molecule has 4 heteroatoms. The van der Waals surface area contributed by atoms with Crippen LogP contribution in [0, 0.1) is 0 Å². The number of methoxy groups -OCH3 is 1. The van der Waals surface area contributed by atoms with Crippen molar-refractivity contribution in [2.24, 2.45) is 0 Å². The molecule has 0 bridgehead atoms. The van der Waals surface area contributed by atoms with E-state index in [9.17, 15) is 0 Å². The van der Waals surface area contributed by atoms with Crippen molar-refractivity contribution >= 4 is 17.4 Å². The molecule has 0 amide bonds. The lowest BCUT2D eigenvalue weighted by molar-refractivity contribution is 0.396. The van der Waals surface area contributed by atoms with Crippen molar-refractivity contribution in [3.63, 3.8) is 0 Å². The second-order valence-corrected chi connectivity index (χ2v) is 5.26. The third-order valence-corrected chi connectivity index (χ3v) is 3.59. The molecule has 0 radical (unpaired) electrons. The number of pyridine rings is 1. The molecule has 0 unspecified atom stereocenters. The molecule has 1 aromatic carbocycles. The van der Waals surface area contributed by atoms with Crippen molar-refractivity contribution < 1.29 is 4.74 Å². The van der Waals surface area contributed by atoms with Gasteiger partial charge in [0.1, 0.15) is 0 Å². The number of hydrogen-bond donors (Lipinski definition) is 1. The topological polar surface area (TPSA) is 34.1 Å². The smallest absolute Gasteiger partial charge is 0.213 e. The molecule has 3 nitrogen and oxygen atoms in total. The van der Waals surface area contributed by atoms with Crippen LogP contribution >= 0.6 is 11.8 Å². The summed E-state index contributed by atoms with van der Waals surface area (Å²) in [5, 5.41) is 3.43. The van der Waals surface area contributed by atoms with E-state index in [1.165, 1.54) is 4.90 Å². The zero-order valence-corrected chi connectivity index (χ0v) is 12.0. The molecular weight excluding hydrogens is 256 g/mol. The lowest BCUT2D eigenvalue weighted by Gasteiger charge is -2.11. The third kappa shape index (κ3) is 3.89. The van der Waals surface area contributed by atoms with Crippen LogP contribution in [0.2, 0.25) is 0 Å². The summed E-state index contributed by atoms with van der Waals surface area (Å²) in [5.74, 6) is 1.71. The van der Waals surface area contributed by atoms with Crippen LogP contribution < -0.4 is 10.1 Å². The summed E-state index contributed by atoms with van der Waals surface area (Å²) in [6.45, 7) is 2.85. The predicted molar refractivity (Wildman–Crippen MR) is 81.0 cm³/mol. The fourth-order valence-electron chi connectivity index (χ4n) is 1.75. The molecule has 0 aliphatic rings. The van der Waals surface area contributed by atoms with E-state index in [-0.39, 0.29) is 0 Å². The first-order valence-electron chi connectivity index (χ1n) is 6.29. The lowest BCUT2D eigenvalue weighted by Crippen LogP contribution is -2.03. The Kier molecular flexibility index (Phi) is 5.10. The number of hydrogen-bond acceptors (Lipinski definition) is 4. The summed E-state index contributed by atoms with van der Waals surface area (Å²) < 4.78 is 5.13. The summed E-state index contributed by atoms with van der Waals surface area (Å²) in [5.41, 5.74) is 2.12. The first-order chi connectivity index (χ1) is 9.33. The molecule has 2 rings (SSSR count). The van der Waals surface area contributed by atoms with Crippen LogP contribution in [-0.2, 0) is 6.54 Å². The summed E-state index contributed by atoms with van der Waals surface area (Å²) in [7, 11) is 1.63. The second kappa shape index (κ2) is 7.04. The SMILES string of the molecule is CCSc1ccccc1NCc1cccc(OC)n1. The van der Waals surface area contributed by atoms with Crippen molar-refractivity contribution in [1.82, 2.24) is 4.98 Å². The van der Waals surface area contributed by atoms with Gasteiger partial charge in [0, 0.05) is 16.6 Å². The molecule has 0 spiro atoms. The van der Waals surface area contributed by atoms with Gasteiger partial charge in [0.25, 0.3) is 0 Å². The molecule has 0 saturated carbocycles. The standard InChI is InChI=1S/C15H18N2OS/c1-3-19-14-9-5-4-8-13(14)16-11-12-7-6-10-15(17-12)18-2/h4-10,16H,3,11H2,1-2H3. The summed E-state index contributed by atoms with van der Waals surface area (Å²) in [6.07, 6.45) is 0. The van der Waals surface area contributed by atoms with Crippen LogP contribution in [0.1, 0.15) is 12.6 Å². The Morgan fingerprint density at radius 1 is 1.16 bits per heavy atom. The minimum absolute atomic E-state index is 0.649. The number of para-hydroxylation sites is 1. The van der Waals surface area contributed by atoms with Gasteiger partial charge in [-0.05, 0) is 24.0 Å². The molecule has 0 fully saturated rings. The molecule has 2 aromatic rings. The minimum atomic E-state index is 0.649. The summed E-state index contributed by atoms with van der Waals surface area (Å²) in [6, 6.07) is 14.1. The first-order valence-corrected chi connectivity index (χ1v) is 7.27. The van der Waals surface area contributed by atoms with Gasteiger partial charge in [-0.25, -0.2) is 4.98 Å². The van der Waals surface area contributed by atoms with Crippen LogP contribution in [0.5, 0.6) is 5.88 Å². The van der Waals surface area contributed by atoms with E-state index in [0.29, 0.717) is 12.4 Å². The number of nitrogens with one attached hydrogen (secondary N) is 1. The van der Waals surface area contributed by atoms with Gasteiger partial charge in [0.15, 0.2) is 0 Å². The number of anilines is 1. The van der Waals surface area contributed by atoms with Gasteiger partial charge in [-0.15, -0.1) is 11.8 Å². The van der Waals surface area contributed by atoms with Gasteiger partial charge in [-0.2, -0.15) is 0 Å². The van der Waals surface area contributed by atoms with Gasteiger partial charge in [0.05, 0.1) is 19.3 Å². The Bertz CT molecular complexity index is 531. The molecule has 1 N–H and O–H groups in total. The number of ether oxygens (including phenoxy) is 1. The van der Waals surface area contributed by atoms with Gasteiger partial charge >= 0.3 is 0 Å². The number of benzene rings is 1. The Balaban J connectivity index is 2.05. The maximum atomic E-state index is 5.13. The molecule has 0 aliphatic heterocycles. The maximum Gasteiger partial charge on any atom is 0.213 e. The minimum Gasteiger partial charge on any atom is -0.481 e. The molecule has 0 aliphatic carbocycles. The monoisotopic (exact) mass is 274 g/mol. The molecule has 1 heterocycles. The third-order valence-electron chi connectivity index (χ3n) is 2.64. The highest BCUT2D eigenvalue weighted by Gasteiger charge is 2.02. The van der Waals surface area contributed by atoms with Crippen LogP contribution in [0.15, 0.2) is 47.4 Å². The number of thioether (sulfide) groups is 1. The zero-order chi connectivity index (χ0) is 13.5. The highest BCUT2D eigenvalue weighted by Crippen LogP contribution is 2.26. The van der Waals surface area contributed by atoms with Crippen LogP contribution in [-0.4, -0.2) is 17.8 Å².